The van der Waals surface area contributed by atoms with E-state index in [0.717, 1.165) is 42.9 Å². The third kappa shape index (κ3) is 2.34. The van der Waals surface area contributed by atoms with E-state index in [0.29, 0.717) is 6.54 Å². The number of pyridine rings is 1. The SMILES string of the molecule is CC(C)(C)n1c(C2(CN)CCOCC2)nc2cnccc21. The van der Waals surface area contributed by atoms with Gasteiger partial charge in [-0.15, -0.1) is 0 Å². The lowest BCUT2D eigenvalue weighted by molar-refractivity contribution is 0.0475. The first kappa shape index (κ1) is 14.5. The molecule has 2 N–H and O–H groups in total. The molecule has 0 bridgehead atoms. The predicted molar refractivity (Wildman–Crippen MR) is 83.3 cm³/mol. The van der Waals surface area contributed by atoms with Gasteiger partial charge in [-0.2, -0.15) is 0 Å². The smallest absolute Gasteiger partial charge is 0.118 e. The number of rotatable bonds is 2. The normalized spacial score (nSPS) is 19.0. The summed E-state index contributed by atoms with van der Waals surface area (Å²) in [5.74, 6) is 1.09. The van der Waals surface area contributed by atoms with Gasteiger partial charge in [-0.25, -0.2) is 4.98 Å². The molecular weight excluding hydrogens is 264 g/mol. The molecule has 5 heteroatoms. The van der Waals surface area contributed by atoms with Crippen LogP contribution in [0, 0.1) is 0 Å². The van der Waals surface area contributed by atoms with Crippen molar-refractivity contribution in [1.29, 1.82) is 0 Å². The molecule has 3 rings (SSSR count). The number of fused-ring (bicyclic) bond motifs is 1. The Bertz CT molecular complexity index is 635. The quantitative estimate of drug-likeness (QED) is 0.920. The summed E-state index contributed by atoms with van der Waals surface area (Å²) in [4.78, 5) is 9.12. The highest BCUT2D eigenvalue weighted by molar-refractivity contribution is 5.75. The minimum atomic E-state index is -0.0927. The van der Waals surface area contributed by atoms with Gasteiger partial charge in [-0.3, -0.25) is 4.98 Å². The molecule has 0 saturated carbocycles. The number of imidazole rings is 1. The zero-order valence-corrected chi connectivity index (χ0v) is 13.1. The summed E-state index contributed by atoms with van der Waals surface area (Å²) in [6.45, 7) is 8.74. The van der Waals surface area contributed by atoms with Gasteiger partial charge in [0.2, 0.25) is 0 Å². The fourth-order valence-electron chi connectivity index (χ4n) is 3.25. The molecule has 1 saturated heterocycles. The summed E-state index contributed by atoms with van der Waals surface area (Å²) in [7, 11) is 0. The second-order valence-electron chi connectivity index (χ2n) is 6.90. The van der Waals surface area contributed by atoms with Crippen LogP contribution in [0.5, 0.6) is 0 Å². The Kier molecular flexibility index (Phi) is 3.50. The number of hydrogen-bond donors (Lipinski definition) is 1. The van der Waals surface area contributed by atoms with E-state index in [9.17, 15) is 0 Å². The highest BCUT2D eigenvalue weighted by Crippen LogP contribution is 2.37. The molecule has 21 heavy (non-hydrogen) atoms. The molecule has 3 heterocycles. The van der Waals surface area contributed by atoms with Gasteiger partial charge < -0.3 is 15.0 Å². The molecule has 1 aliphatic heterocycles. The average Bonchev–Trinajstić information content (AvgIpc) is 2.88. The largest absolute Gasteiger partial charge is 0.381 e. The van der Waals surface area contributed by atoms with Crippen molar-refractivity contribution in [2.45, 2.75) is 44.6 Å². The summed E-state index contributed by atoms with van der Waals surface area (Å²) in [5.41, 5.74) is 8.11. The Hall–Kier alpha value is -1.46. The average molecular weight is 288 g/mol. The molecule has 0 radical (unpaired) electrons. The Morgan fingerprint density at radius 3 is 2.67 bits per heavy atom. The van der Waals surface area contributed by atoms with E-state index in [1.165, 1.54) is 0 Å². The molecule has 114 valence electrons. The third-order valence-corrected chi connectivity index (χ3v) is 4.44. The summed E-state index contributed by atoms with van der Waals surface area (Å²) in [6.07, 6.45) is 5.52. The van der Waals surface area contributed by atoms with E-state index in [4.69, 9.17) is 15.5 Å². The van der Waals surface area contributed by atoms with E-state index in [1.54, 1.807) is 0 Å². The van der Waals surface area contributed by atoms with Crippen molar-refractivity contribution in [1.82, 2.24) is 14.5 Å². The van der Waals surface area contributed by atoms with Crippen LogP contribution in [0.1, 0.15) is 39.4 Å². The number of aromatic nitrogens is 3. The summed E-state index contributed by atoms with van der Waals surface area (Å²) in [6, 6.07) is 2.04. The van der Waals surface area contributed by atoms with Crippen molar-refractivity contribution in [2.24, 2.45) is 5.73 Å². The van der Waals surface area contributed by atoms with Crippen LogP contribution in [0.25, 0.3) is 11.0 Å². The maximum atomic E-state index is 6.18. The van der Waals surface area contributed by atoms with E-state index < -0.39 is 0 Å². The van der Waals surface area contributed by atoms with E-state index in [-0.39, 0.29) is 11.0 Å². The predicted octanol–water partition coefficient (Wildman–Crippen LogP) is 2.19. The monoisotopic (exact) mass is 288 g/mol. The van der Waals surface area contributed by atoms with Crippen molar-refractivity contribution in [3.63, 3.8) is 0 Å². The van der Waals surface area contributed by atoms with Crippen LogP contribution < -0.4 is 5.73 Å². The molecular formula is C16H24N4O. The topological polar surface area (TPSA) is 66.0 Å². The van der Waals surface area contributed by atoms with Crippen molar-refractivity contribution < 1.29 is 4.74 Å². The highest BCUT2D eigenvalue weighted by Gasteiger charge is 2.39. The lowest BCUT2D eigenvalue weighted by atomic mass is 9.79. The Balaban J connectivity index is 2.26. The van der Waals surface area contributed by atoms with Gasteiger partial charge in [-0.1, -0.05) is 0 Å². The summed E-state index contributed by atoms with van der Waals surface area (Å²) >= 11 is 0. The van der Waals surface area contributed by atoms with Crippen molar-refractivity contribution in [2.75, 3.05) is 19.8 Å². The number of nitrogens with two attached hydrogens (primary N) is 1. The Morgan fingerprint density at radius 1 is 1.33 bits per heavy atom. The molecule has 2 aromatic heterocycles. The molecule has 1 fully saturated rings. The Labute approximate surface area is 125 Å². The van der Waals surface area contributed by atoms with Gasteiger partial charge in [0.25, 0.3) is 0 Å². The molecule has 0 unspecified atom stereocenters. The summed E-state index contributed by atoms with van der Waals surface area (Å²) < 4.78 is 7.88. The molecule has 0 spiro atoms. The summed E-state index contributed by atoms with van der Waals surface area (Å²) in [5, 5.41) is 0. The zero-order valence-electron chi connectivity index (χ0n) is 13.1. The molecule has 1 aliphatic rings. The molecule has 0 atom stereocenters. The number of nitrogens with zero attached hydrogens (tertiary/aromatic N) is 3. The van der Waals surface area contributed by atoms with E-state index >= 15 is 0 Å². The Morgan fingerprint density at radius 2 is 2.05 bits per heavy atom. The maximum absolute atomic E-state index is 6.18. The lowest BCUT2D eigenvalue weighted by Gasteiger charge is -2.38. The lowest BCUT2D eigenvalue weighted by Crippen LogP contribution is -2.44. The molecule has 5 nitrogen and oxygen atoms in total. The van der Waals surface area contributed by atoms with Crippen LogP contribution in [-0.4, -0.2) is 34.3 Å². The minimum absolute atomic E-state index is 0.0497. The van der Waals surface area contributed by atoms with Crippen LogP contribution in [0.4, 0.5) is 0 Å². The van der Waals surface area contributed by atoms with Crippen molar-refractivity contribution in [3.8, 4) is 0 Å². The second-order valence-corrected chi connectivity index (χ2v) is 6.90. The first-order valence-electron chi connectivity index (χ1n) is 7.59. The van der Waals surface area contributed by atoms with Gasteiger partial charge in [-0.05, 0) is 39.7 Å². The van der Waals surface area contributed by atoms with Crippen LogP contribution in [0.15, 0.2) is 18.5 Å². The first-order valence-corrected chi connectivity index (χ1v) is 7.59. The number of hydrogen-bond acceptors (Lipinski definition) is 4. The van der Waals surface area contributed by atoms with Gasteiger partial charge >= 0.3 is 0 Å². The molecule has 2 aromatic rings. The van der Waals surface area contributed by atoms with E-state index in [2.05, 4.69) is 30.3 Å². The highest BCUT2D eigenvalue weighted by atomic mass is 16.5. The van der Waals surface area contributed by atoms with Crippen LogP contribution in [0.2, 0.25) is 0 Å². The number of ether oxygens (including phenoxy) is 1. The molecule has 0 aliphatic carbocycles. The van der Waals surface area contributed by atoms with Gasteiger partial charge in [0.05, 0.1) is 11.7 Å². The molecule has 0 aromatic carbocycles. The second kappa shape index (κ2) is 5.07. The van der Waals surface area contributed by atoms with Crippen LogP contribution >= 0.6 is 0 Å². The maximum Gasteiger partial charge on any atom is 0.118 e. The van der Waals surface area contributed by atoms with E-state index in [1.807, 2.05) is 18.5 Å². The zero-order chi connectivity index (χ0) is 15.1. The fraction of sp³-hybridized carbons (Fsp3) is 0.625. The minimum Gasteiger partial charge on any atom is -0.381 e. The van der Waals surface area contributed by atoms with Gasteiger partial charge in [0.15, 0.2) is 0 Å². The van der Waals surface area contributed by atoms with Crippen molar-refractivity contribution >= 4 is 11.0 Å². The van der Waals surface area contributed by atoms with Crippen molar-refractivity contribution in [3.05, 3.63) is 24.3 Å². The van der Waals surface area contributed by atoms with Crippen LogP contribution in [0.3, 0.4) is 0 Å². The van der Waals surface area contributed by atoms with Gasteiger partial charge in [0.1, 0.15) is 11.3 Å². The fourth-order valence-corrected chi connectivity index (χ4v) is 3.25. The van der Waals surface area contributed by atoms with Crippen LogP contribution in [-0.2, 0) is 15.7 Å². The third-order valence-electron chi connectivity index (χ3n) is 4.44. The van der Waals surface area contributed by atoms with Gasteiger partial charge in [0, 0.05) is 36.9 Å². The standard InChI is InChI=1S/C16H24N4O/c1-15(2,3)20-13-4-7-18-10-12(13)19-14(20)16(11-17)5-8-21-9-6-16/h4,7,10H,5-6,8-9,11,17H2,1-3H3. The molecule has 0 amide bonds. The first-order chi connectivity index (χ1) is 9.98.